The number of rotatable bonds is 5. The Bertz CT molecular complexity index is 3910. The third-order valence-corrected chi connectivity index (χ3v) is 11.2. The van der Waals surface area contributed by atoms with Gasteiger partial charge in [0.2, 0.25) is 0 Å². The number of anilines is 2. The summed E-state index contributed by atoms with van der Waals surface area (Å²) >= 11 is 0. The third-order valence-electron chi connectivity index (χ3n) is 11.2. The average Bonchev–Trinajstić information content (AvgIpc) is 4.02. The second kappa shape index (κ2) is 12.6. The highest BCUT2D eigenvalue weighted by Crippen LogP contribution is 2.54. The molecule has 2 aromatic heterocycles. The van der Waals surface area contributed by atoms with Gasteiger partial charge in [-0.25, -0.2) is 0 Å². The zero-order chi connectivity index (χ0) is 48.8. The van der Waals surface area contributed by atoms with E-state index in [4.69, 9.17) is 12.3 Å². The van der Waals surface area contributed by atoms with Gasteiger partial charge in [-0.2, -0.15) is 0 Å². The summed E-state index contributed by atoms with van der Waals surface area (Å²) in [6, 6.07) is 28.7. The van der Waals surface area contributed by atoms with Crippen molar-refractivity contribution in [1.82, 2.24) is 9.13 Å². The highest BCUT2D eigenvalue weighted by Gasteiger charge is 2.37. The molecule has 268 valence electrons. The van der Waals surface area contributed by atoms with Gasteiger partial charge in [-0.3, -0.25) is 0 Å². The first-order valence-corrected chi connectivity index (χ1v) is 18.8. The monoisotopic (exact) mass is 740 g/mol. The van der Waals surface area contributed by atoms with Crippen molar-refractivity contribution in [3.05, 3.63) is 217 Å². The van der Waals surface area contributed by atoms with Gasteiger partial charge < -0.3 is 14.0 Å². The molecule has 0 N–H and O–H groups in total. The van der Waals surface area contributed by atoms with E-state index in [0.29, 0.717) is 12.1 Å². The minimum Gasteiger partial charge on any atom is -0.313 e. The summed E-state index contributed by atoms with van der Waals surface area (Å²) in [6.45, 7) is 0. The molecule has 3 heteroatoms. The molecule has 12 rings (SSSR count). The van der Waals surface area contributed by atoms with Crippen LogP contribution in [0.3, 0.4) is 0 Å². The van der Waals surface area contributed by atoms with Gasteiger partial charge in [0, 0.05) is 44.4 Å². The Hall–Kier alpha value is -7.36. The maximum atomic E-state index is 9.59. The molecule has 1 unspecified atom stereocenters. The molecule has 0 fully saturated rings. The first kappa shape index (κ1) is 21.7. The fraction of sp³-hybridized carbons (Fsp3) is 0.0370. The number of hydrogen-bond donors (Lipinski definition) is 0. The van der Waals surface area contributed by atoms with Crippen LogP contribution >= 0.6 is 0 Å². The predicted molar refractivity (Wildman–Crippen MR) is 239 cm³/mol. The Balaban J connectivity index is 1.06. The molecule has 0 amide bonds. The van der Waals surface area contributed by atoms with Gasteiger partial charge in [0.15, 0.2) is 0 Å². The van der Waals surface area contributed by atoms with Crippen LogP contribution in [0.5, 0.6) is 0 Å². The van der Waals surface area contributed by atoms with Crippen molar-refractivity contribution >= 4 is 55.0 Å². The van der Waals surface area contributed by atoms with Gasteiger partial charge in [-0.15, -0.1) is 0 Å². The summed E-state index contributed by atoms with van der Waals surface area (Å²) in [5.41, 5.74) is 6.24. The van der Waals surface area contributed by atoms with E-state index >= 15 is 0 Å². The Morgan fingerprint density at radius 2 is 0.965 bits per heavy atom. The molecule has 0 bridgehead atoms. The molecule has 57 heavy (non-hydrogen) atoms. The topological polar surface area (TPSA) is 13.1 Å². The first-order chi connectivity index (χ1) is 33.7. The lowest BCUT2D eigenvalue weighted by molar-refractivity contribution is 0.813. The van der Waals surface area contributed by atoms with Gasteiger partial charge in [-0.1, -0.05) is 145 Å². The fourth-order valence-electron chi connectivity index (χ4n) is 8.90. The van der Waals surface area contributed by atoms with Gasteiger partial charge in [-0.05, 0) is 89.3 Å². The van der Waals surface area contributed by atoms with Crippen molar-refractivity contribution in [3.63, 3.8) is 0 Å². The standard InChI is InChI=1S/C54H37N3/c1-2-14-36(15-3-1)37-28-30-38(31-29-37)39-32-34-40(35-33-39)55-47-22-10-6-18-43(47)53-49(55)24-12-26-51(53)57-48-23-11-7-19-44(48)54-50(25-13-27-52(54)57)56-45-20-8-4-16-41(45)42-17-5-9-21-46(42)56/h1-17,19-35,43H,18H2/i1D,2D,3D,14D,15D,28D,29D,30D,31D,32D,33D,34D,35D. The molecule has 1 aliphatic heterocycles. The molecule has 10 aromatic rings. The quantitative estimate of drug-likeness (QED) is 0.171. The van der Waals surface area contributed by atoms with Crippen LogP contribution in [0.15, 0.2) is 212 Å². The van der Waals surface area contributed by atoms with Crippen molar-refractivity contribution in [3.8, 4) is 33.6 Å². The van der Waals surface area contributed by atoms with Crippen molar-refractivity contribution in [2.24, 2.45) is 0 Å². The van der Waals surface area contributed by atoms with E-state index in [9.17, 15) is 5.48 Å². The summed E-state index contributed by atoms with van der Waals surface area (Å²) < 4.78 is 120. The summed E-state index contributed by atoms with van der Waals surface area (Å²) in [5, 5.41) is 4.41. The van der Waals surface area contributed by atoms with E-state index < -0.39 is 101 Å². The second-order valence-corrected chi connectivity index (χ2v) is 14.2. The number of benzene rings is 8. The van der Waals surface area contributed by atoms with E-state index in [2.05, 4.69) is 100 Å². The molecule has 0 saturated heterocycles. The van der Waals surface area contributed by atoms with Gasteiger partial charge in [0.05, 0.1) is 56.9 Å². The summed E-state index contributed by atoms with van der Waals surface area (Å²) in [6.07, 6.45) is 6.48. The van der Waals surface area contributed by atoms with Crippen LogP contribution in [-0.2, 0) is 0 Å². The first-order valence-electron chi connectivity index (χ1n) is 25.3. The average molecular weight is 741 g/mol. The van der Waals surface area contributed by atoms with Crippen LogP contribution < -0.4 is 4.90 Å². The van der Waals surface area contributed by atoms with Crippen LogP contribution in [0.1, 0.15) is 35.7 Å². The van der Waals surface area contributed by atoms with Gasteiger partial charge in [0.25, 0.3) is 0 Å². The molecule has 8 aromatic carbocycles. The number of fused-ring (bicyclic) bond motifs is 9. The van der Waals surface area contributed by atoms with Crippen molar-refractivity contribution < 1.29 is 17.8 Å². The smallest absolute Gasteiger partial charge is 0.0645 e. The molecule has 2 aliphatic rings. The number of aromatic nitrogens is 2. The summed E-state index contributed by atoms with van der Waals surface area (Å²) in [4.78, 5) is 1.77. The van der Waals surface area contributed by atoms with E-state index in [1.165, 1.54) is 0 Å². The van der Waals surface area contributed by atoms with Crippen molar-refractivity contribution in [2.45, 2.75) is 12.3 Å². The van der Waals surface area contributed by atoms with E-state index in [1.54, 1.807) is 4.90 Å². The zero-order valence-electron chi connectivity index (χ0n) is 43.3. The molecular weight excluding hydrogens is 691 g/mol. The minimum absolute atomic E-state index is 0.0527. The molecule has 3 heterocycles. The van der Waals surface area contributed by atoms with Crippen LogP contribution in [0, 0.1) is 0 Å². The van der Waals surface area contributed by atoms with E-state index in [0.717, 1.165) is 66.2 Å². The van der Waals surface area contributed by atoms with E-state index in [1.807, 2.05) is 36.4 Å². The highest BCUT2D eigenvalue weighted by atomic mass is 15.2. The van der Waals surface area contributed by atoms with Crippen LogP contribution in [0.2, 0.25) is 0 Å². The molecule has 0 radical (unpaired) electrons. The Morgan fingerprint density at radius 1 is 0.456 bits per heavy atom. The molecule has 3 nitrogen and oxygen atoms in total. The molecule has 0 spiro atoms. The lowest BCUT2D eigenvalue weighted by atomic mass is 9.90. The number of nitrogens with zero attached hydrogens (tertiary/aromatic N) is 3. The fourth-order valence-corrected chi connectivity index (χ4v) is 8.90. The maximum absolute atomic E-state index is 9.59. The predicted octanol–water partition coefficient (Wildman–Crippen LogP) is 14.3. The van der Waals surface area contributed by atoms with Gasteiger partial charge in [0.1, 0.15) is 0 Å². The zero-order valence-corrected chi connectivity index (χ0v) is 30.3. The van der Waals surface area contributed by atoms with Crippen LogP contribution in [0.4, 0.5) is 11.4 Å². The van der Waals surface area contributed by atoms with Crippen molar-refractivity contribution in [2.75, 3.05) is 4.90 Å². The molecule has 1 aliphatic carbocycles. The minimum atomic E-state index is -0.759. The Kier molecular flexibility index (Phi) is 4.78. The largest absolute Gasteiger partial charge is 0.313 e. The molecular formula is C54H37N3. The lowest BCUT2D eigenvalue weighted by Gasteiger charge is -2.24. The summed E-state index contributed by atoms with van der Waals surface area (Å²) in [5.74, 6) is -0.264. The molecule has 0 saturated carbocycles. The number of allylic oxidation sites excluding steroid dienone is 4. The SMILES string of the molecule is [2H]c1c([2H])c([2H])c(-c2c([2H])c([2H])c(-c3c([2H])c([2H])c(N4C5=CC=CCC5c5c4cccc5-n4c5ccccc5c5c(-n6c7ccccc7c7ccccc76)cccc54)c([2H])c3[2H])c([2H])c2[2H])c([2H])c1[2H]. The number of para-hydroxylation sites is 3. The Labute approximate surface area is 349 Å². The Morgan fingerprint density at radius 3 is 1.65 bits per heavy atom. The van der Waals surface area contributed by atoms with Crippen LogP contribution in [-0.4, -0.2) is 9.13 Å². The lowest BCUT2D eigenvalue weighted by Crippen LogP contribution is -2.14. The number of hydrogen-bond acceptors (Lipinski definition) is 1. The maximum Gasteiger partial charge on any atom is 0.0645 e. The van der Waals surface area contributed by atoms with Gasteiger partial charge >= 0.3 is 0 Å². The summed E-state index contributed by atoms with van der Waals surface area (Å²) in [7, 11) is 0. The third kappa shape index (κ3) is 4.79. The highest BCUT2D eigenvalue weighted by molar-refractivity contribution is 6.16. The van der Waals surface area contributed by atoms with Crippen molar-refractivity contribution in [1.29, 1.82) is 0 Å². The van der Waals surface area contributed by atoms with E-state index in [-0.39, 0.29) is 11.6 Å². The molecule has 1 atom stereocenters. The second-order valence-electron chi connectivity index (χ2n) is 14.2. The normalized spacial score (nSPS) is 18.0. The van der Waals surface area contributed by atoms with Crippen LogP contribution in [0.25, 0.3) is 77.2 Å².